The molecule has 0 amide bonds. The van der Waals surface area contributed by atoms with E-state index in [2.05, 4.69) is 22.4 Å². The Morgan fingerprint density at radius 3 is 3.27 bits per heavy atom. The molecule has 1 aliphatic heterocycles. The van der Waals surface area contributed by atoms with Crippen LogP contribution in [0.15, 0.2) is 4.52 Å². The quantitative estimate of drug-likeness (QED) is 0.598. The molecule has 1 aromatic heterocycles. The summed E-state index contributed by atoms with van der Waals surface area (Å²) in [5.41, 5.74) is 2.16. The van der Waals surface area contributed by atoms with Gasteiger partial charge in [0, 0.05) is 6.54 Å². The van der Waals surface area contributed by atoms with E-state index >= 15 is 0 Å². The van der Waals surface area contributed by atoms with Crippen LogP contribution in [-0.2, 0) is 6.54 Å². The molecule has 0 fully saturated rings. The summed E-state index contributed by atoms with van der Waals surface area (Å²) in [5, 5.41) is 7.00. The third-order valence-electron chi connectivity index (χ3n) is 1.92. The van der Waals surface area contributed by atoms with Gasteiger partial charge in [-0.2, -0.15) is 0 Å². The van der Waals surface area contributed by atoms with Crippen LogP contribution in [0, 0.1) is 6.92 Å². The van der Waals surface area contributed by atoms with Crippen molar-refractivity contribution in [1.29, 1.82) is 0 Å². The highest BCUT2D eigenvalue weighted by molar-refractivity contribution is 5.44. The van der Waals surface area contributed by atoms with Crippen molar-refractivity contribution in [3.05, 3.63) is 11.3 Å². The average molecular weight is 153 g/mol. The van der Waals surface area contributed by atoms with E-state index in [-0.39, 0.29) is 0 Å². The van der Waals surface area contributed by atoms with E-state index in [0.29, 0.717) is 0 Å². The molecular formula is C7H11N3O. The van der Waals surface area contributed by atoms with Crippen LogP contribution in [0.4, 0.5) is 5.88 Å². The second-order valence-electron chi connectivity index (χ2n) is 2.92. The van der Waals surface area contributed by atoms with Gasteiger partial charge in [0.15, 0.2) is 0 Å². The lowest BCUT2D eigenvalue weighted by Crippen LogP contribution is -2.29. The maximum Gasteiger partial charge on any atom is 0.230 e. The zero-order chi connectivity index (χ0) is 7.84. The first-order valence-corrected chi connectivity index (χ1v) is 3.65. The summed E-state index contributed by atoms with van der Waals surface area (Å²) < 4.78 is 5.05. The Morgan fingerprint density at radius 1 is 1.64 bits per heavy atom. The topological polar surface area (TPSA) is 41.3 Å². The van der Waals surface area contributed by atoms with Crippen LogP contribution < -0.4 is 5.32 Å². The van der Waals surface area contributed by atoms with E-state index in [4.69, 9.17) is 4.52 Å². The minimum Gasteiger partial charge on any atom is -0.341 e. The third kappa shape index (κ3) is 0.991. The molecule has 11 heavy (non-hydrogen) atoms. The maximum absolute atomic E-state index is 5.05. The van der Waals surface area contributed by atoms with Gasteiger partial charge in [-0.05, 0) is 14.0 Å². The Labute approximate surface area is 65.2 Å². The summed E-state index contributed by atoms with van der Waals surface area (Å²) in [6, 6.07) is 0. The smallest absolute Gasteiger partial charge is 0.230 e. The van der Waals surface area contributed by atoms with Crippen molar-refractivity contribution in [3.8, 4) is 0 Å². The molecule has 0 saturated carbocycles. The first-order chi connectivity index (χ1) is 5.27. The minimum atomic E-state index is 0.834. The molecule has 1 aliphatic rings. The fraction of sp³-hybridized carbons (Fsp3) is 0.571. The highest BCUT2D eigenvalue weighted by atomic mass is 16.5. The van der Waals surface area contributed by atoms with Crippen LogP contribution in [-0.4, -0.2) is 23.8 Å². The Bertz CT molecular complexity index is 269. The largest absolute Gasteiger partial charge is 0.341 e. The normalized spacial score (nSPS) is 17.6. The van der Waals surface area contributed by atoms with Gasteiger partial charge in [-0.1, -0.05) is 5.16 Å². The van der Waals surface area contributed by atoms with Crippen LogP contribution in [0.2, 0.25) is 0 Å². The van der Waals surface area contributed by atoms with Gasteiger partial charge in [0.25, 0.3) is 0 Å². The van der Waals surface area contributed by atoms with Gasteiger partial charge in [-0.15, -0.1) is 0 Å². The minimum absolute atomic E-state index is 0.834. The van der Waals surface area contributed by atoms with Crippen molar-refractivity contribution in [1.82, 2.24) is 10.1 Å². The summed E-state index contributed by atoms with van der Waals surface area (Å²) in [6.45, 7) is 3.72. The number of hydrogen-bond acceptors (Lipinski definition) is 4. The van der Waals surface area contributed by atoms with Gasteiger partial charge in [0.05, 0.1) is 17.9 Å². The van der Waals surface area contributed by atoms with E-state index < -0.39 is 0 Å². The second-order valence-corrected chi connectivity index (χ2v) is 2.92. The van der Waals surface area contributed by atoms with Crippen LogP contribution in [0.3, 0.4) is 0 Å². The van der Waals surface area contributed by atoms with Gasteiger partial charge in [0.2, 0.25) is 5.88 Å². The van der Waals surface area contributed by atoms with Gasteiger partial charge >= 0.3 is 0 Å². The van der Waals surface area contributed by atoms with Crippen molar-refractivity contribution in [3.63, 3.8) is 0 Å². The molecular weight excluding hydrogens is 142 g/mol. The van der Waals surface area contributed by atoms with Crippen molar-refractivity contribution in [2.45, 2.75) is 13.5 Å². The van der Waals surface area contributed by atoms with Crippen LogP contribution in [0.1, 0.15) is 11.3 Å². The molecule has 0 aliphatic carbocycles. The van der Waals surface area contributed by atoms with Gasteiger partial charge in [-0.25, -0.2) is 0 Å². The molecule has 0 atom stereocenters. The standard InChI is InChI=1S/C7H11N3O/c1-5-6-3-10(2)4-8-7(6)11-9-5/h8H,3-4H2,1-2H3. The number of nitrogens with zero attached hydrogens (tertiary/aromatic N) is 2. The molecule has 1 aromatic rings. The predicted molar refractivity (Wildman–Crippen MR) is 41.2 cm³/mol. The number of aryl methyl sites for hydroxylation is 1. The van der Waals surface area contributed by atoms with Gasteiger partial charge < -0.3 is 9.84 Å². The molecule has 0 bridgehead atoms. The van der Waals surface area contributed by atoms with E-state index in [9.17, 15) is 0 Å². The predicted octanol–water partition coefficient (Wildman–Crippen LogP) is 0.798. The monoisotopic (exact) mass is 153 g/mol. The van der Waals surface area contributed by atoms with E-state index in [1.807, 2.05) is 6.92 Å². The van der Waals surface area contributed by atoms with E-state index in [1.165, 1.54) is 5.56 Å². The Balaban J connectivity index is 2.37. The zero-order valence-corrected chi connectivity index (χ0v) is 6.72. The SMILES string of the molecule is Cc1noc2c1CN(C)CN2. The Hall–Kier alpha value is -1.03. The number of aromatic nitrogens is 1. The lowest BCUT2D eigenvalue weighted by atomic mass is 10.2. The molecule has 0 spiro atoms. The Morgan fingerprint density at radius 2 is 2.45 bits per heavy atom. The summed E-state index contributed by atoms with van der Waals surface area (Å²) in [7, 11) is 2.06. The number of anilines is 1. The van der Waals surface area contributed by atoms with Crippen molar-refractivity contribution < 1.29 is 4.52 Å². The Kier molecular flexibility index (Phi) is 1.35. The number of rotatable bonds is 0. The molecule has 0 saturated heterocycles. The van der Waals surface area contributed by atoms with Gasteiger partial charge in [0.1, 0.15) is 0 Å². The second kappa shape index (κ2) is 2.23. The molecule has 60 valence electrons. The molecule has 2 heterocycles. The van der Waals surface area contributed by atoms with Crippen LogP contribution in [0.5, 0.6) is 0 Å². The first kappa shape index (κ1) is 6.67. The van der Waals surface area contributed by atoms with Crippen LogP contribution in [0.25, 0.3) is 0 Å². The lowest BCUT2D eigenvalue weighted by molar-refractivity contribution is 0.326. The molecule has 0 aromatic carbocycles. The highest BCUT2D eigenvalue weighted by Gasteiger charge is 2.18. The zero-order valence-electron chi connectivity index (χ0n) is 6.72. The van der Waals surface area contributed by atoms with Crippen molar-refractivity contribution in [2.24, 2.45) is 0 Å². The third-order valence-corrected chi connectivity index (χ3v) is 1.92. The highest BCUT2D eigenvalue weighted by Crippen LogP contribution is 2.23. The summed E-state index contributed by atoms with van der Waals surface area (Å²) in [5.74, 6) is 0.834. The average Bonchev–Trinajstić information content (AvgIpc) is 2.33. The van der Waals surface area contributed by atoms with Crippen LogP contribution >= 0.6 is 0 Å². The number of fused-ring (bicyclic) bond motifs is 1. The maximum atomic E-state index is 5.05. The molecule has 0 unspecified atom stereocenters. The summed E-state index contributed by atoms with van der Waals surface area (Å²) in [6.07, 6.45) is 0. The van der Waals surface area contributed by atoms with E-state index in [1.54, 1.807) is 0 Å². The summed E-state index contributed by atoms with van der Waals surface area (Å²) in [4.78, 5) is 2.17. The van der Waals surface area contributed by atoms with Gasteiger partial charge in [-0.3, -0.25) is 4.90 Å². The lowest BCUT2D eigenvalue weighted by Gasteiger charge is -2.21. The van der Waals surface area contributed by atoms with Crippen molar-refractivity contribution >= 4 is 5.88 Å². The fourth-order valence-electron chi connectivity index (χ4n) is 1.25. The number of hydrogen-bond donors (Lipinski definition) is 1. The molecule has 4 heteroatoms. The molecule has 0 radical (unpaired) electrons. The fourth-order valence-corrected chi connectivity index (χ4v) is 1.25. The van der Waals surface area contributed by atoms with E-state index in [0.717, 1.165) is 24.8 Å². The van der Waals surface area contributed by atoms with Crippen molar-refractivity contribution in [2.75, 3.05) is 19.0 Å². The summed E-state index contributed by atoms with van der Waals surface area (Å²) >= 11 is 0. The first-order valence-electron chi connectivity index (χ1n) is 3.65. The molecule has 4 nitrogen and oxygen atoms in total. The molecule has 2 rings (SSSR count). The molecule has 1 N–H and O–H groups in total. The number of nitrogens with one attached hydrogen (secondary N) is 1.